The number of carbonyl (C=O) groups excluding carboxylic acids is 1. The number of pyridine rings is 1. The van der Waals surface area contributed by atoms with Crippen LogP contribution in [0.5, 0.6) is 0 Å². The summed E-state index contributed by atoms with van der Waals surface area (Å²) in [6.45, 7) is 11.4. The highest BCUT2D eigenvalue weighted by atomic mass is 16.5. The second-order valence-corrected chi connectivity index (χ2v) is 8.44. The van der Waals surface area contributed by atoms with Crippen LogP contribution in [0.2, 0.25) is 0 Å². The third-order valence-electron chi connectivity index (χ3n) is 6.05. The predicted octanol–water partition coefficient (Wildman–Crippen LogP) is 4.28. The minimum atomic E-state index is -0.0370. The summed E-state index contributed by atoms with van der Waals surface area (Å²) < 4.78 is 5.40. The lowest BCUT2D eigenvalue weighted by molar-refractivity contribution is 0.0374. The summed E-state index contributed by atoms with van der Waals surface area (Å²) in [5.41, 5.74) is 6.99. The largest absolute Gasteiger partial charge is 0.379 e. The fourth-order valence-electron chi connectivity index (χ4n) is 4.00. The zero-order valence-corrected chi connectivity index (χ0v) is 18.7. The van der Waals surface area contributed by atoms with Crippen LogP contribution in [0.1, 0.15) is 33.5 Å². The molecule has 3 aromatic rings. The molecule has 1 aliphatic rings. The lowest BCUT2D eigenvalue weighted by Crippen LogP contribution is -2.38. The Hall–Kier alpha value is -2.76. The molecule has 1 amide bonds. The van der Waals surface area contributed by atoms with Crippen LogP contribution in [0.3, 0.4) is 0 Å². The Morgan fingerprint density at radius 2 is 1.84 bits per heavy atom. The highest BCUT2D eigenvalue weighted by Gasteiger charge is 2.15. The van der Waals surface area contributed by atoms with E-state index in [1.807, 2.05) is 25.1 Å². The number of carbonyl (C=O) groups is 1. The van der Waals surface area contributed by atoms with Gasteiger partial charge >= 0.3 is 0 Å². The third kappa shape index (κ3) is 5.12. The molecule has 0 bridgehead atoms. The SMILES string of the molecule is Cc1ccc2nc(-c3ccc(C)c(C)c3)cc(C(=O)NCCCN3CCOCC3)c2c1. The number of aryl methyl sites for hydroxylation is 3. The van der Waals surface area contributed by atoms with Crippen LogP contribution in [-0.2, 0) is 4.74 Å². The topological polar surface area (TPSA) is 54.5 Å². The van der Waals surface area contributed by atoms with Gasteiger partial charge < -0.3 is 10.1 Å². The third-order valence-corrected chi connectivity index (χ3v) is 6.05. The number of fused-ring (bicyclic) bond motifs is 1. The molecule has 0 spiro atoms. The standard InChI is InChI=1S/C26H31N3O2/c1-18-5-8-24-22(15-18)23(17-25(28-24)21-7-6-19(2)20(3)16-21)26(30)27-9-4-10-29-11-13-31-14-12-29/h5-8,15-17H,4,9-14H2,1-3H3,(H,27,30). The molecule has 2 aromatic carbocycles. The van der Waals surface area contributed by atoms with Gasteiger partial charge in [-0.2, -0.15) is 0 Å². The van der Waals surface area contributed by atoms with Gasteiger partial charge in [0.15, 0.2) is 0 Å². The molecule has 0 atom stereocenters. The van der Waals surface area contributed by atoms with Crippen molar-refractivity contribution < 1.29 is 9.53 Å². The first kappa shape index (κ1) is 21.5. The summed E-state index contributed by atoms with van der Waals surface area (Å²) in [6.07, 6.45) is 0.928. The van der Waals surface area contributed by atoms with Crippen LogP contribution in [-0.4, -0.2) is 55.2 Å². The molecule has 1 fully saturated rings. The Balaban J connectivity index is 1.56. The van der Waals surface area contributed by atoms with E-state index in [0.29, 0.717) is 12.1 Å². The molecule has 0 radical (unpaired) electrons. The van der Waals surface area contributed by atoms with E-state index in [0.717, 1.165) is 67.0 Å². The molecule has 0 saturated carbocycles. The first-order valence-corrected chi connectivity index (χ1v) is 11.1. The van der Waals surface area contributed by atoms with E-state index in [9.17, 15) is 4.79 Å². The number of benzene rings is 2. The molecule has 31 heavy (non-hydrogen) atoms. The van der Waals surface area contributed by atoms with E-state index >= 15 is 0 Å². The molecule has 4 rings (SSSR count). The van der Waals surface area contributed by atoms with Crippen LogP contribution in [0.25, 0.3) is 22.2 Å². The van der Waals surface area contributed by atoms with Crippen molar-refractivity contribution in [3.8, 4) is 11.3 Å². The smallest absolute Gasteiger partial charge is 0.252 e. The predicted molar refractivity (Wildman–Crippen MR) is 126 cm³/mol. The average Bonchev–Trinajstić information content (AvgIpc) is 2.78. The molecular formula is C26H31N3O2. The van der Waals surface area contributed by atoms with Crippen molar-refractivity contribution in [2.75, 3.05) is 39.4 Å². The number of amides is 1. The van der Waals surface area contributed by atoms with Crippen LogP contribution < -0.4 is 5.32 Å². The number of morpholine rings is 1. The zero-order valence-electron chi connectivity index (χ0n) is 18.7. The fourth-order valence-corrected chi connectivity index (χ4v) is 4.00. The monoisotopic (exact) mass is 417 g/mol. The highest BCUT2D eigenvalue weighted by Crippen LogP contribution is 2.27. The number of nitrogens with zero attached hydrogens (tertiary/aromatic N) is 2. The second-order valence-electron chi connectivity index (χ2n) is 8.44. The van der Waals surface area contributed by atoms with Crippen molar-refractivity contribution in [3.63, 3.8) is 0 Å². The molecule has 1 aromatic heterocycles. The van der Waals surface area contributed by atoms with Crippen molar-refractivity contribution in [2.24, 2.45) is 0 Å². The van der Waals surface area contributed by atoms with Gasteiger partial charge in [0.2, 0.25) is 0 Å². The fraction of sp³-hybridized carbons (Fsp3) is 0.385. The van der Waals surface area contributed by atoms with Gasteiger partial charge in [0.25, 0.3) is 5.91 Å². The van der Waals surface area contributed by atoms with Crippen LogP contribution in [0.4, 0.5) is 0 Å². The molecule has 1 aliphatic heterocycles. The lowest BCUT2D eigenvalue weighted by Gasteiger charge is -2.26. The van der Waals surface area contributed by atoms with Crippen molar-refractivity contribution in [2.45, 2.75) is 27.2 Å². The van der Waals surface area contributed by atoms with Gasteiger partial charge in [0, 0.05) is 30.6 Å². The Morgan fingerprint density at radius 1 is 1.03 bits per heavy atom. The Kier molecular flexibility index (Phi) is 6.64. The van der Waals surface area contributed by atoms with E-state index in [-0.39, 0.29) is 5.91 Å². The highest BCUT2D eigenvalue weighted by molar-refractivity contribution is 6.07. The average molecular weight is 418 g/mol. The van der Waals surface area contributed by atoms with Gasteiger partial charge in [0.05, 0.1) is 30.0 Å². The maximum absolute atomic E-state index is 13.2. The quantitative estimate of drug-likeness (QED) is 0.608. The van der Waals surface area contributed by atoms with Crippen molar-refractivity contribution in [1.29, 1.82) is 0 Å². The van der Waals surface area contributed by atoms with Crippen LogP contribution in [0.15, 0.2) is 42.5 Å². The maximum Gasteiger partial charge on any atom is 0.252 e. The van der Waals surface area contributed by atoms with Gasteiger partial charge in [-0.3, -0.25) is 9.69 Å². The van der Waals surface area contributed by atoms with Crippen molar-refractivity contribution in [3.05, 3.63) is 64.7 Å². The molecule has 1 saturated heterocycles. The molecule has 0 aliphatic carbocycles. The van der Waals surface area contributed by atoms with Crippen LogP contribution >= 0.6 is 0 Å². The summed E-state index contributed by atoms with van der Waals surface area (Å²) in [6, 6.07) is 14.4. The minimum absolute atomic E-state index is 0.0370. The summed E-state index contributed by atoms with van der Waals surface area (Å²) in [4.78, 5) is 20.4. The molecular weight excluding hydrogens is 386 g/mol. The Bertz CT molecular complexity index is 1090. The maximum atomic E-state index is 13.2. The van der Waals surface area contributed by atoms with Gasteiger partial charge in [-0.05, 0) is 69.1 Å². The molecule has 5 heteroatoms. The van der Waals surface area contributed by atoms with E-state index in [1.54, 1.807) is 0 Å². The number of hydrogen-bond acceptors (Lipinski definition) is 4. The molecule has 2 heterocycles. The second kappa shape index (κ2) is 9.58. The molecule has 162 valence electrons. The van der Waals surface area contributed by atoms with Gasteiger partial charge in [-0.25, -0.2) is 4.98 Å². The molecule has 5 nitrogen and oxygen atoms in total. The molecule has 0 unspecified atom stereocenters. The minimum Gasteiger partial charge on any atom is -0.379 e. The van der Waals surface area contributed by atoms with Gasteiger partial charge in [0.1, 0.15) is 0 Å². The Labute approximate surface area is 184 Å². The summed E-state index contributed by atoms with van der Waals surface area (Å²) >= 11 is 0. The van der Waals surface area contributed by atoms with E-state index in [2.05, 4.69) is 48.3 Å². The first-order valence-electron chi connectivity index (χ1n) is 11.1. The Morgan fingerprint density at radius 3 is 2.61 bits per heavy atom. The van der Waals surface area contributed by atoms with Crippen molar-refractivity contribution in [1.82, 2.24) is 15.2 Å². The zero-order chi connectivity index (χ0) is 21.8. The van der Waals surface area contributed by atoms with Crippen molar-refractivity contribution >= 4 is 16.8 Å². The number of aromatic nitrogens is 1. The number of rotatable bonds is 6. The van der Waals surface area contributed by atoms with E-state index in [1.165, 1.54) is 11.1 Å². The summed E-state index contributed by atoms with van der Waals surface area (Å²) in [7, 11) is 0. The summed E-state index contributed by atoms with van der Waals surface area (Å²) in [5.74, 6) is -0.0370. The number of hydrogen-bond donors (Lipinski definition) is 1. The number of nitrogens with one attached hydrogen (secondary N) is 1. The summed E-state index contributed by atoms with van der Waals surface area (Å²) in [5, 5.41) is 4.03. The molecule has 1 N–H and O–H groups in total. The normalized spacial score (nSPS) is 14.7. The lowest BCUT2D eigenvalue weighted by atomic mass is 10.00. The first-order chi connectivity index (χ1) is 15.0. The van der Waals surface area contributed by atoms with Crippen LogP contribution in [0, 0.1) is 20.8 Å². The van der Waals surface area contributed by atoms with Gasteiger partial charge in [-0.1, -0.05) is 23.8 Å². The van der Waals surface area contributed by atoms with E-state index in [4.69, 9.17) is 9.72 Å². The van der Waals surface area contributed by atoms with E-state index < -0.39 is 0 Å². The van der Waals surface area contributed by atoms with Gasteiger partial charge in [-0.15, -0.1) is 0 Å². The number of ether oxygens (including phenoxy) is 1.